The van der Waals surface area contributed by atoms with E-state index in [-0.39, 0.29) is 0 Å². The van der Waals surface area contributed by atoms with Crippen LogP contribution in [-0.2, 0) is 0 Å². The van der Waals surface area contributed by atoms with Gasteiger partial charge in [-0.05, 0) is 0 Å². The molecule has 0 aromatic rings. The predicted octanol–water partition coefficient (Wildman–Crippen LogP) is 0.492. The van der Waals surface area contributed by atoms with Gasteiger partial charge in [0.15, 0.2) is 0 Å². The van der Waals surface area contributed by atoms with Crippen molar-refractivity contribution in [2.75, 3.05) is 39.3 Å². The standard InChI is InChI=1S/C12H33N5Si3/c1-18(2,3)17(19(4,5)6)20-13-7-10-16(11-8-14-20)12-9-15-20/h13-15H,7-12H2,1-6H3. The fraction of sp³-hybridized carbons (Fsp3) is 1.00. The first-order valence-electron chi connectivity index (χ1n) is 7.93. The quantitative estimate of drug-likeness (QED) is 0.657. The zero-order valence-corrected chi connectivity index (χ0v) is 17.1. The SMILES string of the molecule is C[Si](C)(C)N([Si](C)(C)C)[Si]12NCCN(CCN1)CCN2. The minimum Gasteiger partial charge on any atom is -0.331 e. The average Bonchev–Trinajstić information content (AvgIpc) is 2.14. The smallest absolute Gasteiger partial charge is 0.331 e. The van der Waals surface area contributed by atoms with E-state index in [2.05, 4.69) is 63.0 Å². The summed E-state index contributed by atoms with van der Waals surface area (Å²) >= 11 is 0. The van der Waals surface area contributed by atoms with Crippen molar-refractivity contribution in [2.45, 2.75) is 39.3 Å². The van der Waals surface area contributed by atoms with E-state index in [0.29, 0.717) is 0 Å². The van der Waals surface area contributed by atoms with Crippen LogP contribution in [-0.4, -0.2) is 73.3 Å². The maximum Gasteiger partial charge on any atom is 0.355 e. The molecule has 5 nitrogen and oxygen atoms in total. The monoisotopic (exact) mass is 331 g/mol. The van der Waals surface area contributed by atoms with Crippen LogP contribution < -0.4 is 14.9 Å². The molecule has 0 radical (unpaired) electrons. The van der Waals surface area contributed by atoms with Crippen molar-refractivity contribution in [2.24, 2.45) is 0 Å². The van der Waals surface area contributed by atoms with Gasteiger partial charge >= 0.3 is 8.72 Å². The molecular formula is C12H33N5Si3. The van der Waals surface area contributed by atoms with E-state index < -0.39 is 25.2 Å². The zero-order valence-electron chi connectivity index (χ0n) is 14.1. The van der Waals surface area contributed by atoms with Gasteiger partial charge < -0.3 is 18.8 Å². The first-order chi connectivity index (χ1) is 9.15. The Hall–Kier alpha value is 0.451. The molecule has 0 unspecified atom stereocenters. The van der Waals surface area contributed by atoms with Crippen LogP contribution in [0.2, 0.25) is 39.3 Å². The van der Waals surface area contributed by atoms with Gasteiger partial charge in [0, 0.05) is 39.3 Å². The summed E-state index contributed by atoms with van der Waals surface area (Å²) in [7, 11) is -4.72. The fourth-order valence-corrected chi connectivity index (χ4v) is 23.8. The molecule has 3 aliphatic heterocycles. The van der Waals surface area contributed by atoms with Crippen molar-refractivity contribution in [3.8, 4) is 0 Å². The lowest BCUT2D eigenvalue weighted by molar-refractivity contribution is 0.263. The summed E-state index contributed by atoms with van der Waals surface area (Å²) in [5, 5.41) is 0. The van der Waals surface area contributed by atoms with Gasteiger partial charge in [-0.1, -0.05) is 39.3 Å². The van der Waals surface area contributed by atoms with E-state index in [4.69, 9.17) is 0 Å². The van der Waals surface area contributed by atoms with Crippen molar-refractivity contribution < 1.29 is 0 Å². The average molecular weight is 332 g/mol. The lowest BCUT2D eigenvalue weighted by Crippen LogP contribution is -2.90. The van der Waals surface area contributed by atoms with E-state index in [1.165, 1.54) is 19.6 Å². The molecule has 3 aliphatic rings. The topological polar surface area (TPSA) is 42.6 Å². The van der Waals surface area contributed by atoms with Gasteiger partial charge in [0.1, 0.15) is 16.5 Å². The molecule has 0 saturated carbocycles. The lowest BCUT2D eigenvalue weighted by atomic mass is 10.4. The highest BCUT2D eigenvalue weighted by Crippen LogP contribution is 2.24. The molecule has 3 N–H and O–H groups in total. The Balaban J connectivity index is 2.36. The second kappa shape index (κ2) is 5.92. The van der Waals surface area contributed by atoms with Crippen molar-refractivity contribution in [1.29, 1.82) is 0 Å². The molecule has 0 atom stereocenters. The van der Waals surface area contributed by atoms with Crippen molar-refractivity contribution in [3.63, 3.8) is 0 Å². The first kappa shape index (κ1) is 16.8. The third-order valence-corrected chi connectivity index (χ3v) is 19.8. The Morgan fingerprint density at radius 3 is 1.40 bits per heavy atom. The summed E-state index contributed by atoms with van der Waals surface area (Å²) in [6.45, 7) is 21.9. The van der Waals surface area contributed by atoms with Crippen molar-refractivity contribution >= 4 is 25.2 Å². The Kier molecular flexibility index (Phi) is 4.98. The summed E-state index contributed by atoms with van der Waals surface area (Å²) < 4.78 is 2.97. The second-order valence-electron chi connectivity index (χ2n) is 8.01. The van der Waals surface area contributed by atoms with Gasteiger partial charge in [-0.2, -0.15) is 0 Å². The minimum atomic E-state index is -1.95. The van der Waals surface area contributed by atoms with E-state index in [9.17, 15) is 0 Å². The fourth-order valence-electron chi connectivity index (χ4n) is 3.96. The van der Waals surface area contributed by atoms with Crippen LogP contribution >= 0.6 is 0 Å². The molecular weight excluding hydrogens is 298 g/mol. The molecule has 0 amide bonds. The Morgan fingerprint density at radius 2 is 1.10 bits per heavy atom. The lowest BCUT2D eigenvalue weighted by Gasteiger charge is -2.56. The van der Waals surface area contributed by atoms with E-state index >= 15 is 0 Å². The Bertz CT molecular complexity index is 298. The number of nitrogens with one attached hydrogen (secondary N) is 3. The highest BCUT2D eigenvalue weighted by atomic mass is 28.5. The zero-order chi connectivity index (χ0) is 15.0. The molecule has 0 aromatic heterocycles. The third kappa shape index (κ3) is 3.61. The molecule has 2 bridgehead atoms. The molecule has 0 aromatic carbocycles. The molecule has 3 saturated heterocycles. The summed E-state index contributed by atoms with van der Waals surface area (Å²) in [5.74, 6) is 0. The van der Waals surface area contributed by atoms with Crippen molar-refractivity contribution in [3.05, 3.63) is 0 Å². The second-order valence-corrected chi connectivity index (χ2v) is 21.9. The largest absolute Gasteiger partial charge is 0.355 e. The number of nitrogens with zero attached hydrogens (tertiary/aromatic N) is 2. The van der Waals surface area contributed by atoms with Gasteiger partial charge in [0.05, 0.1) is 0 Å². The molecule has 8 heteroatoms. The maximum atomic E-state index is 3.95. The van der Waals surface area contributed by atoms with Crippen LogP contribution in [0.3, 0.4) is 0 Å². The highest BCUT2D eigenvalue weighted by Gasteiger charge is 2.52. The van der Waals surface area contributed by atoms with Gasteiger partial charge in [-0.25, -0.2) is 0 Å². The van der Waals surface area contributed by atoms with Crippen LogP contribution in [0.25, 0.3) is 0 Å². The first-order valence-corrected chi connectivity index (χ1v) is 16.8. The molecule has 20 heavy (non-hydrogen) atoms. The molecule has 0 aliphatic carbocycles. The van der Waals surface area contributed by atoms with Crippen LogP contribution in [0.15, 0.2) is 0 Å². The summed E-state index contributed by atoms with van der Waals surface area (Å²) in [6.07, 6.45) is 0. The number of fused-ring (bicyclic) bond motifs is 6. The number of hydrogen-bond acceptors (Lipinski definition) is 5. The molecule has 3 heterocycles. The Labute approximate surface area is 128 Å². The van der Waals surface area contributed by atoms with Crippen LogP contribution in [0.1, 0.15) is 0 Å². The van der Waals surface area contributed by atoms with Crippen LogP contribution in [0.4, 0.5) is 0 Å². The molecule has 3 fully saturated rings. The molecule has 0 spiro atoms. The highest BCUT2D eigenvalue weighted by molar-refractivity contribution is 7.02. The third-order valence-electron chi connectivity index (χ3n) is 4.10. The van der Waals surface area contributed by atoms with Gasteiger partial charge in [0.2, 0.25) is 0 Å². The summed E-state index contributed by atoms with van der Waals surface area (Å²) in [6, 6.07) is 0. The summed E-state index contributed by atoms with van der Waals surface area (Å²) in [5.41, 5.74) is 0. The van der Waals surface area contributed by atoms with Crippen LogP contribution in [0, 0.1) is 0 Å². The molecule has 118 valence electrons. The predicted molar refractivity (Wildman–Crippen MR) is 94.7 cm³/mol. The molecule has 3 rings (SSSR count). The number of rotatable bonds is 3. The van der Waals surface area contributed by atoms with E-state index in [0.717, 1.165) is 19.6 Å². The van der Waals surface area contributed by atoms with E-state index in [1.807, 2.05) is 0 Å². The minimum absolute atomic E-state index is 1.11. The number of hydrogen-bond donors (Lipinski definition) is 3. The normalized spacial score (nSPS) is 32.9. The van der Waals surface area contributed by atoms with Gasteiger partial charge in [-0.3, -0.25) is 4.90 Å². The summed E-state index contributed by atoms with van der Waals surface area (Å²) in [4.78, 5) is 14.4. The van der Waals surface area contributed by atoms with Gasteiger partial charge in [0.25, 0.3) is 0 Å². The van der Waals surface area contributed by atoms with Crippen molar-refractivity contribution in [1.82, 2.24) is 23.7 Å². The van der Waals surface area contributed by atoms with Gasteiger partial charge in [-0.15, -0.1) is 0 Å². The Morgan fingerprint density at radius 1 is 0.750 bits per heavy atom. The maximum absolute atomic E-state index is 3.95. The van der Waals surface area contributed by atoms with Crippen LogP contribution in [0.5, 0.6) is 0 Å². The van der Waals surface area contributed by atoms with E-state index in [1.54, 1.807) is 0 Å².